The molecule has 1 aromatic carbocycles. The molecule has 1 unspecified atom stereocenters. The van der Waals surface area contributed by atoms with Gasteiger partial charge in [0, 0.05) is 22.6 Å². The summed E-state index contributed by atoms with van der Waals surface area (Å²) in [5, 5.41) is 0.801. The quantitative estimate of drug-likeness (QED) is 0.663. The summed E-state index contributed by atoms with van der Waals surface area (Å²) in [5.41, 5.74) is 1.30. The van der Waals surface area contributed by atoms with Crippen LogP contribution in [0.4, 0.5) is 4.79 Å². The third-order valence-electron chi connectivity index (χ3n) is 5.13. The maximum absolute atomic E-state index is 11.8. The number of halogens is 2. The second-order valence-corrected chi connectivity index (χ2v) is 8.43. The molecule has 0 bridgehead atoms. The van der Waals surface area contributed by atoms with Crippen molar-refractivity contribution < 1.29 is 9.53 Å². The van der Waals surface area contributed by atoms with Crippen molar-refractivity contribution in [3.63, 3.8) is 0 Å². The molecule has 0 aromatic heterocycles. The van der Waals surface area contributed by atoms with Crippen LogP contribution in [0.15, 0.2) is 22.7 Å². The highest BCUT2D eigenvalue weighted by Crippen LogP contribution is 2.28. The Morgan fingerprint density at radius 3 is 2.80 bits per heavy atom. The number of carbonyl (C=O) groups is 1. The summed E-state index contributed by atoms with van der Waals surface area (Å²) in [6, 6.07) is 6.02. The Balaban J connectivity index is 1.45. The van der Waals surface area contributed by atoms with Crippen molar-refractivity contribution in [1.29, 1.82) is 0 Å². The highest BCUT2D eigenvalue weighted by molar-refractivity contribution is 9.10. The van der Waals surface area contributed by atoms with Crippen LogP contribution in [0.25, 0.3) is 0 Å². The zero-order chi connectivity index (χ0) is 17.8. The SMILES string of the molecule is CCCN1CC(CN2CCC(Cc3cc(Cl)ccc3Br)CC2)OC1=O. The maximum Gasteiger partial charge on any atom is 0.410 e. The average molecular weight is 430 g/mol. The van der Waals surface area contributed by atoms with Crippen LogP contribution in [0.3, 0.4) is 0 Å². The number of hydrogen-bond acceptors (Lipinski definition) is 3. The fraction of sp³-hybridized carbons (Fsp3) is 0.632. The first-order chi connectivity index (χ1) is 12.0. The molecule has 3 rings (SSSR count). The van der Waals surface area contributed by atoms with E-state index in [0.717, 1.165) is 55.1 Å². The highest BCUT2D eigenvalue weighted by Gasteiger charge is 2.32. The maximum atomic E-state index is 11.8. The number of nitrogens with zero attached hydrogens (tertiary/aromatic N) is 2. The Labute approximate surface area is 163 Å². The third-order valence-corrected chi connectivity index (χ3v) is 6.14. The van der Waals surface area contributed by atoms with E-state index in [4.69, 9.17) is 16.3 Å². The van der Waals surface area contributed by atoms with Crippen LogP contribution in [0.1, 0.15) is 31.7 Å². The van der Waals surface area contributed by atoms with Crippen molar-refractivity contribution in [2.24, 2.45) is 5.92 Å². The van der Waals surface area contributed by atoms with Gasteiger partial charge >= 0.3 is 6.09 Å². The average Bonchev–Trinajstić information content (AvgIpc) is 2.93. The number of cyclic esters (lactones) is 1. The molecule has 1 amide bonds. The molecule has 25 heavy (non-hydrogen) atoms. The molecule has 6 heteroatoms. The number of ether oxygens (including phenoxy) is 1. The first-order valence-corrected chi connectivity index (χ1v) is 10.3. The van der Waals surface area contributed by atoms with Gasteiger partial charge in [-0.3, -0.25) is 4.90 Å². The Hall–Kier alpha value is -0.780. The zero-order valence-electron chi connectivity index (χ0n) is 14.7. The minimum Gasteiger partial charge on any atom is -0.443 e. The lowest BCUT2D eigenvalue weighted by Gasteiger charge is -2.33. The molecular weight excluding hydrogens is 404 g/mol. The van der Waals surface area contributed by atoms with Gasteiger partial charge in [0.1, 0.15) is 6.10 Å². The van der Waals surface area contributed by atoms with Crippen LogP contribution in [0, 0.1) is 5.92 Å². The number of carbonyl (C=O) groups excluding carboxylic acids is 1. The van der Waals surface area contributed by atoms with E-state index in [1.807, 2.05) is 17.0 Å². The molecule has 1 atom stereocenters. The van der Waals surface area contributed by atoms with Gasteiger partial charge in [-0.05, 0) is 68.5 Å². The molecule has 4 nitrogen and oxygen atoms in total. The van der Waals surface area contributed by atoms with Crippen LogP contribution in [-0.4, -0.2) is 54.7 Å². The first kappa shape index (κ1) is 19.0. The molecular formula is C19H26BrClN2O2. The summed E-state index contributed by atoms with van der Waals surface area (Å²) in [4.78, 5) is 16.1. The molecule has 2 saturated heterocycles. The van der Waals surface area contributed by atoms with Gasteiger partial charge in [-0.1, -0.05) is 34.5 Å². The van der Waals surface area contributed by atoms with E-state index < -0.39 is 0 Å². The molecule has 2 heterocycles. The number of likely N-dealkylation sites (tertiary alicyclic amines) is 1. The minimum absolute atomic E-state index is 0.0256. The Kier molecular flexibility index (Phi) is 6.64. The number of hydrogen-bond donors (Lipinski definition) is 0. The predicted molar refractivity (Wildman–Crippen MR) is 104 cm³/mol. The van der Waals surface area contributed by atoms with Crippen LogP contribution in [0.5, 0.6) is 0 Å². The van der Waals surface area contributed by atoms with E-state index in [0.29, 0.717) is 5.92 Å². The van der Waals surface area contributed by atoms with Crippen molar-refractivity contribution in [2.45, 2.75) is 38.7 Å². The molecule has 0 saturated carbocycles. The molecule has 0 spiro atoms. The van der Waals surface area contributed by atoms with Gasteiger partial charge in [0.25, 0.3) is 0 Å². The van der Waals surface area contributed by atoms with Gasteiger partial charge in [0.15, 0.2) is 0 Å². The van der Waals surface area contributed by atoms with Crippen molar-refractivity contribution in [2.75, 3.05) is 32.7 Å². The molecule has 0 N–H and O–H groups in total. The lowest BCUT2D eigenvalue weighted by molar-refractivity contribution is 0.0904. The second-order valence-electron chi connectivity index (χ2n) is 7.14. The lowest BCUT2D eigenvalue weighted by atomic mass is 9.90. The van der Waals surface area contributed by atoms with Gasteiger partial charge in [-0.15, -0.1) is 0 Å². The molecule has 2 fully saturated rings. The largest absolute Gasteiger partial charge is 0.443 e. The highest BCUT2D eigenvalue weighted by atomic mass is 79.9. The Bertz CT molecular complexity index is 605. The van der Waals surface area contributed by atoms with Gasteiger partial charge in [-0.25, -0.2) is 4.79 Å². The smallest absolute Gasteiger partial charge is 0.410 e. The third kappa shape index (κ3) is 5.11. The zero-order valence-corrected chi connectivity index (χ0v) is 17.1. The monoisotopic (exact) mass is 428 g/mol. The second kappa shape index (κ2) is 8.74. The molecule has 0 radical (unpaired) electrons. The standard InChI is InChI=1S/C19H26BrClN2O2/c1-2-7-23-13-17(25-19(23)24)12-22-8-5-14(6-9-22)10-15-11-16(21)3-4-18(15)20/h3-4,11,14,17H,2,5-10,12-13H2,1H3. The van der Waals surface area contributed by atoms with Crippen molar-refractivity contribution in [3.05, 3.63) is 33.3 Å². The predicted octanol–water partition coefficient (Wildman–Crippen LogP) is 4.59. The minimum atomic E-state index is -0.146. The number of rotatable bonds is 6. The first-order valence-electron chi connectivity index (χ1n) is 9.17. The van der Waals surface area contributed by atoms with E-state index in [9.17, 15) is 4.79 Å². The summed E-state index contributed by atoms with van der Waals surface area (Å²) >= 11 is 9.75. The Morgan fingerprint density at radius 2 is 2.08 bits per heavy atom. The molecule has 2 aliphatic heterocycles. The van der Waals surface area contributed by atoms with E-state index in [-0.39, 0.29) is 12.2 Å². The molecule has 2 aliphatic rings. The van der Waals surface area contributed by atoms with E-state index in [1.54, 1.807) is 0 Å². The normalized spacial score (nSPS) is 22.4. The Morgan fingerprint density at radius 1 is 1.32 bits per heavy atom. The van der Waals surface area contributed by atoms with E-state index >= 15 is 0 Å². The van der Waals surface area contributed by atoms with Gasteiger partial charge < -0.3 is 9.64 Å². The van der Waals surface area contributed by atoms with Crippen LogP contribution < -0.4 is 0 Å². The van der Waals surface area contributed by atoms with Crippen molar-refractivity contribution in [1.82, 2.24) is 9.80 Å². The van der Waals surface area contributed by atoms with E-state index in [2.05, 4.69) is 33.8 Å². The van der Waals surface area contributed by atoms with Crippen molar-refractivity contribution in [3.8, 4) is 0 Å². The topological polar surface area (TPSA) is 32.8 Å². The van der Waals surface area contributed by atoms with Gasteiger partial charge in [0.2, 0.25) is 0 Å². The molecule has 138 valence electrons. The van der Waals surface area contributed by atoms with Gasteiger partial charge in [0.05, 0.1) is 6.54 Å². The number of amides is 1. The van der Waals surface area contributed by atoms with Crippen LogP contribution in [0.2, 0.25) is 5.02 Å². The molecule has 0 aliphatic carbocycles. The fourth-order valence-corrected chi connectivity index (χ4v) is 4.40. The number of piperidine rings is 1. The van der Waals surface area contributed by atoms with Gasteiger partial charge in [-0.2, -0.15) is 0 Å². The molecule has 1 aromatic rings. The van der Waals surface area contributed by atoms with Crippen molar-refractivity contribution >= 4 is 33.6 Å². The fourth-order valence-electron chi connectivity index (χ4n) is 3.79. The summed E-state index contributed by atoms with van der Waals surface area (Å²) in [6.45, 7) is 6.63. The summed E-state index contributed by atoms with van der Waals surface area (Å²) in [7, 11) is 0. The van der Waals surface area contributed by atoms with E-state index in [1.165, 1.54) is 18.4 Å². The summed E-state index contributed by atoms with van der Waals surface area (Å²) in [5.74, 6) is 0.689. The summed E-state index contributed by atoms with van der Waals surface area (Å²) in [6.07, 6.45) is 4.28. The number of benzene rings is 1. The van der Waals surface area contributed by atoms with Crippen LogP contribution >= 0.6 is 27.5 Å². The van der Waals surface area contributed by atoms with Crippen LogP contribution in [-0.2, 0) is 11.2 Å². The summed E-state index contributed by atoms with van der Waals surface area (Å²) < 4.78 is 6.65. The lowest BCUT2D eigenvalue weighted by Crippen LogP contribution is -2.40.